The molecule has 2 rings (SSSR count). The van der Waals surface area contributed by atoms with E-state index in [0.29, 0.717) is 18.8 Å². The molecule has 0 unspecified atom stereocenters. The van der Waals surface area contributed by atoms with Crippen LogP contribution in [0.15, 0.2) is 18.2 Å². The van der Waals surface area contributed by atoms with Crippen LogP contribution in [0, 0.1) is 23.1 Å². The molecule has 1 aliphatic rings. The molecule has 0 spiro atoms. The Kier molecular flexibility index (Phi) is 4.29. The summed E-state index contributed by atoms with van der Waals surface area (Å²) in [7, 11) is 0. The number of nitrogens with zero attached hydrogens (tertiary/aromatic N) is 1. The van der Waals surface area contributed by atoms with Gasteiger partial charge in [-0.15, -0.1) is 0 Å². The number of benzene rings is 1. The third kappa shape index (κ3) is 3.10. The third-order valence-electron chi connectivity index (χ3n) is 3.88. The molecule has 0 radical (unpaired) electrons. The summed E-state index contributed by atoms with van der Waals surface area (Å²) in [6.07, 6.45) is 3.07. The zero-order valence-electron chi connectivity index (χ0n) is 11.2. The van der Waals surface area contributed by atoms with Gasteiger partial charge >= 0.3 is 0 Å². The van der Waals surface area contributed by atoms with E-state index in [1.807, 2.05) is 0 Å². The van der Waals surface area contributed by atoms with Crippen LogP contribution in [0.2, 0.25) is 5.02 Å². The number of hydrogen-bond acceptors (Lipinski definition) is 2. The van der Waals surface area contributed by atoms with Gasteiger partial charge in [-0.1, -0.05) is 18.5 Å². The molecule has 1 aliphatic carbocycles. The molecule has 106 valence electrons. The van der Waals surface area contributed by atoms with Crippen molar-refractivity contribution >= 4 is 17.5 Å². The summed E-state index contributed by atoms with van der Waals surface area (Å²) in [6.45, 7) is 2.14. The van der Waals surface area contributed by atoms with E-state index in [2.05, 4.69) is 18.3 Å². The van der Waals surface area contributed by atoms with Gasteiger partial charge in [-0.3, -0.25) is 4.79 Å². The van der Waals surface area contributed by atoms with Gasteiger partial charge in [0.15, 0.2) is 0 Å². The number of rotatable bonds is 2. The van der Waals surface area contributed by atoms with Gasteiger partial charge in [0.05, 0.1) is 11.1 Å². The number of hydrogen-bond donors (Lipinski definition) is 1. The van der Waals surface area contributed by atoms with Crippen LogP contribution >= 0.6 is 11.6 Å². The topological polar surface area (TPSA) is 52.9 Å². The molecule has 20 heavy (non-hydrogen) atoms. The van der Waals surface area contributed by atoms with Crippen LogP contribution in [-0.4, -0.2) is 11.4 Å². The molecule has 5 heteroatoms. The van der Waals surface area contributed by atoms with Crippen molar-refractivity contribution in [3.63, 3.8) is 0 Å². The smallest absolute Gasteiger partial charge is 0.252 e. The van der Waals surface area contributed by atoms with Gasteiger partial charge in [-0.25, -0.2) is 4.39 Å². The zero-order valence-corrected chi connectivity index (χ0v) is 12.0. The van der Waals surface area contributed by atoms with Crippen molar-refractivity contribution in [1.29, 1.82) is 5.26 Å². The summed E-state index contributed by atoms with van der Waals surface area (Å²) >= 11 is 5.59. The molecule has 0 atom stereocenters. The number of halogens is 2. The van der Waals surface area contributed by atoms with Crippen LogP contribution in [0.4, 0.5) is 4.39 Å². The highest BCUT2D eigenvalue weighted by atomic mass is 35.5. The number of carbonyl (C=O) groups is 1. The highest BCUT2D eigenvalue weighted by Gasteiger charge is 2.35. The predicted octanol–water partition coefficient (Wildman–Crippen LogP) is 3.68. The lowest BCUT2D eigenvalue weighted by Crippen LogP contribution is -2.49. The first kappa shape index (κ1) is 14.8. The van der Waals surface area contributed by atoms with Crippen LogP contribution in [0.5, 0.6) is 0 Å². The average Bonchev–Trinajstić information content (AvgIpc) is 2.44. The van der Waals surface area contributed by atoms with Crippen molar-refractivity contribution < 1.29 is 9.18 Å². The quantitative estimate of drug-likeness (QED) is 0.904. The highest BCUT2D eigenvalue weighted by molar-refractivity contribution is 6.30. The van der Waals surface area contributed by atoms with E-state index in [-0.39, 0.29) is 10.6 Å². The van der Waals surface area contributed by atoms with Crippen LogP contribution < -0.4 is 5.32 Å². The van der Waals surface area contributed by atoms with Crippen molar-refractivity contribution in [1.82, 2.24) is 5.32 Å². The molecule has 1 aromatic carbocycles. The van der Waals surface area contributed by atoms with Gasteiger partial charge in [0.2, 0.25) is 0 Å². The Morgan fingerprint density at radius 3 is 2.70 bits per heavy atom. The van der Waals surface area contributed by atoms with Gasteiger partial charge < -0.3 is 5.32 Å². The zero-order chi connectivity index (χ0) is 14.8. The molecular formula is C15H16ClFN2O. The molecule has 1 aromatic rings. The number of carbonyl (C=O) groups excluding carboxylic acids is 1. The fraction of sp³-hybridized carbons (Fsp3) is 0.467. The third-order valence-corrected chi connectivity index (χ3v) is 4.18. The SMILES string of the molecule is CC1CCC(C#N)(NC(=O)c2ccc(Cl)c(F)c2)CC1. The van der Waals surface area contributed by atoms with E-state index in [1.54, 1.807) is 0 Å². The first-order chi connectivity index (χ1) is 9.46. The van der Waals surface area contributed by atoms with Crippen molar-refractivity contribution in [3.8, 4) is 6.07 Å². The lowest BCUT2D eigenvalue weighted by molar-refractivity contribution is 0.0893. The maximum atomic E-state index is 13.4. The van der Waals surface area contributed by atoms with Gasteiger partial charge in [-0.2, -0.15) is 5.26 Å². The van der Waals surface area contributed by atoms with Crippen LogP contribution in [0.25, 0.3) is 0 Å². The minimum atomic E-state index is -0.834. The summed E-state index contributed by atoms with van der Waals surface area (Å²) in [5, 5.41) is 12.1. The Bertz CT molecular complexity index is 559. The average molecular weight is 295 g/mol. The Hall–Kier alpha value is -1.60. The van der Waals surface area contributed by atoms with Crippen molar-refractivity contribution in [2.45, 2.75) is 38.1 Å². The summed E-state index contributed by atoms with van der Waals surface area (Å²) in [4.78, 5) is 12.2. The lowest BCUT2D eigenvalue weighted by Gasteiger charge is -2.34. The largest absolute Gasteiger partial charge is 0.334 e. The van der Waals surface area contributed by atoms with Gasteiger partial charge in [0.1, 0.15) is 11.4 Å². The van der Waals surface area contributed by atoms with Crippen molar-refractivity contribution in [2.75, 3.05) is 0 Å². The lowest BCUT2D eigenvalue weighted by atomic mass is 9.78. The van der Waals surface area contributed by atoms with Crippen LogP contribution in [-0.2, 0) is 0 Å². The van der Waals surface area contributed by atoms with Gasteiger partial charge in [-0.05, 0) is 49.8 Å². The van der Waals surface area contributed by atoms with Gasteiger partial charge in [0.25, 0.3) is 5.91 Å². The standard InChI is InChI=1S/C15H16ClFN2O/c1-10-4-6-15(9-18,7-5-10)19-14(20)11-2-3-12(16)13(17)8-11/h2-3,8,10H,4-7H2,1H3,(H,19,20). The van der Waals surface area contributed by atoms with E-state index in [4.69, 9.17) is 11.6 Å². The summed E-state index contributed by atoms with van der Waals surface area (Å²) in [5.74, 6) is -0.499. The van der Waals surface area contributed by atoms with Crippen molar-refractivity contribution in [2.24, 2.45) is 5.92 Å². The fourth-order valence-corrected chi connectivity index (χ4v) is 2.56. The second kappa shape index (κ2) is 5.80. The first-order valence-corrected chi connectivity index (χ1v) is 7.02. The van der Waals surface area contributed by atoms with Crippen LogP contribution in [0.1, 0.15) is 43.0 Å². The molecule has 0 aromatic heterocycles. The Morgan fingerprint density at radius 2 is 2.15 bits per heavy atom. The Labute approximate surface area is 122 Å². The number of nitriles is 1. The summed E-state index contributed by atoms with van der Waals surface area (Å²) in [5.41, 5.74) is -0.653. The van der Waals surface area contributed by atoms with Crippen molar-refractivity contribution in [3.05, 3.63) is 34.6 Å². The molecule has 1 saturated carbocycles. The number of amides is 1. The Morgan fingerprint density at radius 1 is 1.50 bits per heavy atom. The van der Waals surface area contributed by atoms with Crippen LogP contribution in [0.3, 0.4) is 0 Å². The predicted molar refractivity (Wildman–Crippen MR) is 74.9 cm³/mol. The molecular weight excluding hydrogens is 279 g/mol. The van der Waals surface area contributed by atoms with E-state index >= 15 is 0 Å². The molecule has 0 saturated heterocycles. The molecule has 0 aliphatic heterocycles. The summed E-state index contributed by atoms with van der Waals surface area (Å²) < 4.78 is 13.4. The molecule has 1 N–H and O–H groups in total. The second-order valence-corrected chi connectivity index (χ2v) is 5.87. The molecule has 3 nitrogen and oxygen atoms in total. The maximum Gasteiger partial charge on any atom is 0.252 e. The molecule has 0 heterocycles. The molecule has 0 bridgehead atoms. The highest BCUT2D eigenvalue weighted by Crippen LogP contribution is 2.31. The van der Waals surface area contributed by atoms with E-state index in [1.165, 1.54) is 12.1 Å². The summed E-state index contributed by atoms with van der Waals surface area (Å²) in [6, 6.07) is 6.10. The maximum absolute atomic E-state index is 13.4. The number of nitrogens with one attached hydrogen (secondary N) is 1. The first-order valence-electron chi connectivity index (χ1n) is 6.64. The molecule has 1 amide bonds. The second-order valence-electron chi connectivity index (χ2n) is 5.46. The van der Waals surface area contributed by atoms with E-state index in [0.717, 1.165) is 18.9 Å². The normalized spacial score (nSPS) is 25.8. The van der Waals surface area contributed by atoms with Gasteiger partial charge in [0, 0.05) is 5.56 Å². The fourth-order valence-electron chi connectivity index (χ4n) is 2.45. The Balaban J connectivity index is 2.13. The molecule has 1 fully saturated rings. The monoisotopic (exact) mass is 294 g/mol. The minimum absolute atomic E-state index is 0.0250. The van der Waals surface area contributed by atoms with E-state index in [9.17, 15) is 14.4 Å². The minimum Gasteiger partial charge on any atom is -0.334 e. The van der Waals surface area contributed by atoms with E-state index < -0.39 is 17.3 Å².